The minimum absolute atomic E-state index is 0.278. The Morgan fingerprint density at radius 3 is 1.65 bits per heavy atom. The molecule has 0 spiro atoms. The SMILES string of the molecule is Nc1ccc(Oc2ccc(F)cc2)cc1.O=C(O)C=CC(=O)O. The van der Waals surface area contributed by atoms with Crippen LogP contribution < -0.4 is 10.5 Å². The van der Waals surface area contributed by atoms with Crippen molar-refractivity contribution in [2.75, 3.05) is 5.73 Å². The zero-order chi connectivity index (χ0) is 17.2. The van der Waals surface area contributed by atoms with Gasteiger partial charge in [-0.1, -0.05) is 0 Å². The smallest absolute Gasteiger partial charge is 0.328 e. The largest absolute Gasteiger partial charge is 0.478 e. The van der Waals surface area contributed by atoms with Gasteiger partial charge in [0.15, 0.2) is 0 Å². The van der Waals surface area contributed by atoms with E-state index in [9.17, 15) is 14.0 Å². The van der Waals surface area contributed by atoms with E-state index >= 15 is 0 Å². The van der Waals surface area contributed by atoms with Crippen molar-refractivity contribution in [3.8, 4) is 11.5 Å². The average molecular weight is 319 g/mol. The molecule has 23 heavy (non-hydrogen) atoms. The summed E-state index contributed by atoms with van der Waals surface area (Å²) in [6.45, 7) is 0. The maximum atomic E-state index is 12.6. The molecular formula is C16H14FNO5. The Morgan fingerprint density at radius 1 is 0.870 bits per heavy atom. The van der Waals surface area contributed by atoms with Crippen molar-refractivity contribution in [2.45, 2.75) is 0 Å². The molecule has 0 saturated heterocycles. The first-order chi connectivity index (χ1) is 10.9. The van der Waals surface area contributed by atoms with Crippen LogP contribution in [0.25, 0.3) is 0 Å². The van der Waals surface area contributed by atoms with Crippen LogP contribution in [-0.4, -0.2) is 22.2 Å². The monoisotopic (exact) mass is 319 g/mol. The van der Waals surface area contributed by atoms with E-state index in [0.29, 0.717) is 29.3 Å². The lowest BCUT2D eigenvalue weighted by Gasteiger charge is -2.05. The highest BCUT2D eigenvalue weighted by molar-refractivity contribution is 5.89. The lowest BCUT2D eigenvalue weighted by Crippen LogP contribution is -1.91. The summed E-state index contributed by atoms with van der Waals surface area (Å²) in [5.41, 5.74) is 6.22. The van der Waals surface area contributed by atoms with E-state index in [1.807, 2.05) is 0 Å². The first kappa shape index (κ1) is 17.7. The fraction of sp³-hybridized carbons (Fsp3) is 0. The molecule has 0 radical (unpaired) electrons. The van der Waals surface area contributed by atoms with Gasteiger partial charge in [0.1, 0.15) is 17.3 Å². The Bertz CT molecular complexity index is 621. The molecule has 2 aromatic carbocycles. The summed E-state index contributed by atoms with van der Waals surface area (Å²) >= 11 is 0. The number of aliphatic carboxylic acids is 2. The molecule has 0 bridgehead atoms. The van der Waals surface area contributed by atoms with Crippen molar-refractivity contribution in [1.29, 1.82) is 0 Å². The van der Waals surface area contributed by atoms with Crippen molar-refractivity contribution in [2.24, 2.45) is 0 Å². The molecule has 0 amide bonds. The number of hydrogen-bond donors (Lipinski definition) is 3. The summed E-state index contributed by atoms with van der Waals surface area (Å²) in [6.07, 6.45) is 1.12. The third kappa shape index (κ3) is 7.86. The molecule has 0 heterocycles. The lowest BCUT2D eigenvalue weighted by atomic mass is 10.3. The maximum Gasteiger partial charge on any atom is 0.328 e. The molecule has 0 aromatic heterocycles. The van der Waals surface area contributed by atoms with Crippen LogP contribution in [0.2, 0.25) is 0 Å². The van der Waals surface area contributed by atoms with Crippen LogP contribution in [0.4, 0.5) is 10.1 Å². The lowest BCUT2D eigenvalue weighted by molar-refractivity contribution is -0.134. The highest BCUT2D eigenvalue weighted by atomic mass is 19.1. The summed E-state index contributed by atoms with van der Waals surface area (Å²) < 4.78 is 18.1. The second-order valence-electron chi connectivity index (χ2n) is 4.13. The fourth-order valence-electron chi connectivity index (χ4n) is 1.32. The molecular weight excluding hydrogens is 305 g/mol. The number of ether oxygens (including phenoxy) is 1. The molecule has 6 nitrogen and oxygen atoms in total. The normalized spacial score (nSPS) is 9.78. The van der Waals surface area contributed by atoms with E-state index < -0.39 is 11.9 Å². The second kappa shape index (κ2) is 8.83. The van der Waals surface area contributed by atoms with E-state index in [2.05, 4.69) is 0 Å². The van der Waals surface area contributed by atoms with Crippen LogP contribution in [-0.2, 0) is 9.59 Å². The zero-order valence-electron chi connectivity index (χ0n) is 11.8. The Balaban J connectivity index is 0.000000284. The van der Waals surface area contributed by atoms with Crippen LogP contribution in [0, 0.1) is 5.82 Å². The Morgan fingerprint density at radius 2 is 1.26 bits per heavy atom. The van der Waals surface area contributed by atoms with Gasteiger partial charge in [-0.05, 0) is 48.5 Å². The quantitative estimate of drug-likeness (QED) is 0.590. The van der Waals surface area contributed by atoms with Crippen LogP contribution in [0.15, 0.2) is 60.7 Å². The summed E-state index contributed by atoms with van der Waals surface area (Å²) in [5, 5.41) is 15.6. The van der Waals surface area contributed by atoms with Crippen molar-refractivity contribution >= 4 is 17.6 Å². The number of halogens is 1. The topological polar surface area (TPSA) is 110 Å². The minimum Gasteiger partial charge on any atom is -0.478 e. The van der Waals surface area contributed by atoms with Gasteiger partial charge in [0.25, 0.3) is 0 Å². The number of carbonyl (C=O) groups is 2. The number of nitrogen functional groups attached to an aromatic ring is 1. The van der Waals surface area contributed by atoms with E-state index in [0.717, 1.165) is 0 Å². The molecule has 0 atom stereocenters. The van der Waals surface area contributed by atoms with E-state index in [1.165, 1.54) is 12.1 Å². The Labute approximate surface area is 131 Å². The number of carboxylic acids is 2. The van der Waals surface area contributed by atoms with E-state index in [1.54, 1.807) is 36.4 Å². The molecule has 0 fully saturated rings. The molecule has 2 aromatic rings. The molecule has 2 rings (SSSR count). The number of carboxylic acid groups (broad SMARTS) is 2. The summed E-state index contributed by atoms with van der Waals surface area (Å²) in [4.78, 5) is 19.1. The number of benzene rings is 2. The summed E-state index contributed by atoms with van der Waals surface area (Å²) in [6, 6.07) is 12.9. The highest BCUT2D eigenvalue weighted by Crippen LogP contribution is 2.22. The van der Waals surface area contributed by atoms with Crippen molar-refractivity contribution in [3.05, 3.63) is 66.5 Å². The third-order valence-corrected chi connectivity index (χ3v) is 2.30. The van der Waals surface area contributed by atoms with Gasteiger partial charge in [-0.15, -0.1) is 0 Å². The van der Waals surface area contributed by atoms with Gasteiger partial charge in [0, 0.05) is 17.8 Å². The second-order valence-corrected chi connectivity index (χ2v) is 4.13. The third-order valence-electron chi connectivity index (χ3n) is 2.30. The number of anilines is 1. The van der Waals surface area contributed by atoms with Crippen LogP contribution in [0.1, 0.15) is 0 Å². The van der Waals surface area contributed by atoms with Gasteiger partial charge in [-0.2, -0.15) is 0 Å². The average Bonchev–Trinajstić information content (AvgIpc) is 2.50. The van der Waals surface area contributed by atoms with Crippen molar-refractivity contribution in [1.82, 2.24) is 0 Å². The molecule has 0 unspecified atom stereocenters. The van der Waals surface area contributed by atoms with Gasteiger partial charge in [0.05, 0.1) is 0 Å². The molecule has 4 N–H and O–H groups in total. The Kier molecular flexibility index (Phi) is 6.80. The van der Waals surface area contributed by atoms with Crippen molar-refractivity contribution in [3.63, 3.8) is 0 Å². The molecule has 0 aliphatic heterocycles. The molecule has 7 heteroatoms. The van der Waals surface area contributed by atoms with Gasteiger partial charge < -0.3 is 20.7 Å². The number of hydrogen-bond acceptors (Lipinski definition) is 4. The zero-order valence-corrected chi connectivity index (χ0v) is 11.8. The number of nitrogens with two attached hydrogens (primary N) is 1. The van der Waals surface area contributed by atoms with Crippen LogP contribution in [0.3, 0.4) is 0 Å². The van der Waals surface area contributed by atoms with Crippen molar-refractivity contribution < 1.29 is 28.9 Å². The first-order valence-electron chi connectivity index (χ1n) is 6.29. The maximum absolute atomic E-state index is 12.6. The Hall–Kier alpha value is -3.35. The molecule has 0 saturated carbocycles. The predicted molar refractivity (Wildman–Crippen MR) is 81.7 cm³/mol. The van der Waals surface area contributed by atoms with Gasteiger partial charge in [-0.3, -0.25) is 0 Å². The minimum atomic E-state index is -1.26. The first-order valence-corrected chi connectivity index (χ1v) is 6.29. The fourth-order valence-corrected chi connectivity index (χ4v) is 1.32. The molecule has 120 valence electrons. The van der Waals surface area contributed by atoms with Gasteiger partial charge in [0.2, 0.25) is 0 Å². The highest BCUT2D eigenvalue weighted by Gasteiger charge is 1.97. The standard InChI is InChI=1S/C12H10FNO.C4H4O4/c13-9-1-5-11(6-2-9)15-12-7-3-10(14)4-8-12;5-3(6)1-2-4(7)8/h1-8H,14H2;1-2H,(H,5,6)(H,7,8). The van der Waals surface area contributed by atoms with Gasteiger partial charge in [-0.25, -0.2) is 14.0 Å². The predicted octanol–water partition coefficient (Wildman–Crippen LogP) is 2.91. The molecule has 0 aliphatic rings. The summed E-state index contributed by atoms with van der Waals surface area (Å²) in [7, 11) is 0. The number of rotatable bonds is 4. The van der Waals surface area contributed by atoms with E-state index in [4.69, 9.17) is 20.7 Å². The molecule has 0 aliphatic carbocycles. The van der Waals surface area contributed by atoms with Crippen LogP contribution in [0.5, 0.6) is 11.5 Å². The summed E-state index contributed by atoms with van der Waals surface area (Å²) in [5.74, 6) is -1.52. The van der Waals surface area contributed by atoms with Gasteiger partial charge >= 0.3 is 11.9 Å². The van der Waals surface area contributed by atoms with Crippen LogP contribution >= 0.6 is 0 Å². The van der Waals surface area contributed by atoms with E-state index in [-0.39, 0.29) is 5.82 Å².